The predicted octanol–water partition coefficient (Wildman–Crippen LogP) is 1.66. The Bertz CT molecular complexity index is 374. The van der Waals surface area contributed by atoms with Crippen molar-refractivity contribution in [3.63, 3.8) is 0 Å². The van der Waals surface area contributed by atoms with Gasteiger partial charge in [-0.05, 0) is 30.5 Å². The molecule has 0 spiro atoms. The van der Waals surface area contributed by atoms with Crippen LogP contribution in [0.25, 0.3) is 0 Å². The Hall–Kier alpha value is -1.51. The van der Waals surface area contributed by atoms with E-state index in [1.165, 1.54) is 5.56 Å². The molecule has 14 heavy (non-hydrogen) atoms. The van der Waals surface area contributed by atoms with Gasteiger partial charge in [-0.3, -0.25) is 4.79 Å². The minimum Gasteiger partial charge on any atom is -0.481 e. The van der Waals surface area contributed by atoms with E-state index in [1.807, 2.05) is 19.1 Å². The number of carboxylic acids is 1. The molecule has 0 saturated carbocycles. The fraction of sp³-hybridized carbons (Fsp3) is 0.364. The highest BCUT2D eigenvalue weighted by atomic mass is 16.4. The summed E-state index contributed by atoms with van der Waals surface area (Å²) in [6.45, 7) is 2.57. The number of aliphatic carboxylic acids is 1. The molecule has 3 nitrogen and oxygen atoms in total. The first-order chi connectivity index (χ1) is 6.66. The number of benzene rings is 1. The Morgan fingerprint density at radius 1 is 1.57 bits per heavy atom. The van der Waals surface area contributed by atoms with E-state index in [0.717, 1.165) is 11.3 Å². The highest BCUT2D eigenvalue weighted by molar-refractivity contribution is 5.73. The third kappa shape index (κ3) is 1.58. The largest absolute Gasteiger partial charge is 0.481 e. The first-order valence-corrected chi connectivity index (χ1v) is 4.73. The third-order valence-corrected chi connectivity index (χ3v) is 2.62. The van der Waals surface area contributed by atoms with E-state index in [-0.39, 0.29) is 5.92 Å². The summed E-state index contributed by atoms with van der Waals surface area (Å²) in [5.74, 6) is -1.01. The van der Waals surface area contributed by atoms with Gasteiger partial charge in [-0.25, -0.2) is 0 Å². The maximum atomic E-state index is 10.8. The van der Waals surface area contributed by atoms with Crippen LogP contribution >= 0.6 is 0 Å². The molecule has 0 aromatic heterocycles. The molecule has 1 aliphatic heterocycles. The first-order valence-electron chi connectivity index (χ1n) is 4.73. The van der Waals surface area contributed by atoms with E-state index in [9.17, 15) is 4.79 Å². The van der Waals surface area contributed by atoms with Crippen LogP contribution in [0.5, 0.6) is 0 Å². The normalized spacial score (nSPS) is 19.6. The van der Waals surface area contributed by atoms with Gasteiger partial charge in [-0.1, -0.05) is 12.1 Å². The number of carboxylic acid groups (broad SMARTS) is 1. The first kappa shape index (κ1) is 9.06. The van der Waals surface area contributed by atoms with Gasteiger partial charge in [0.1, 0.15) is 0 Å². The lowest BCUT2D eigenvalue weighted by molar-refractivity contribution is -0.141. The van der Waals surface area contributed by atoms with Gasteiger partial charge in [0, 0.05) is 12.2 Å². The van der Waals surface area contributed by atoms with Gasteiger partial charge in [-0.2, -0.15) is 0 Å². The quantitative estimate of drug-likeness (QED) is 0.709. The molecular weight excluding hydrogens is 178 g/mol. The molecule has 0 radical (unpaired) electrons. The van der Waals surface area contributed by atoms with Gasteiger partial charge in [0.05, 0.1) is 5.92 Å². The SMILES string of the molecule is Cc1ccc2c(c1)NCC(C(=O)O)C2. The number of hydrogen-bond acceptors (Lipinski definition) is 2. The summed E-state index contributed by atoms with van der Waals surface area (Å²) in [6, 6.07) is 6.09. The minimum absolute atomic E-state index is 0.287. The zero-order chi connectivity index (χ0) is 10.1. The number of rotatable bonds is 1. The second-order valence-electron chi connectivity index (χ2n) is 3.78. The summed E-state index contributed by atoms with van der Waals surface area (Å²) < 4.78 is 0. The second-order valence-corrected chi connectivity index (χ2v) is 3.78. The van der Waals surface area contributed by atoms with Crippen molar-refractivity contribution >= 4 is 11.7 Å². The van der Waals surface area contributed by atoms with Crippen molar-refractivity contribution < 1.29 is 9.90 Å². The van der Waals surface area contributed by atoms with E-state index in [2.05, 4.69) is 11.4 Å². The van der Waals surface area contributed by atoms with Gasteiger partial charge >= 0.3 is 5.97 Å². The second kappa shape index (κ2) is 3.33. The number of carbonyl (C=O) groups is 1. The Kier molecular flexibility index (Phi) is 2.15. The Morgan fingerprint density at radius 2 is 2.36 bits per heavy atom. The maximum absolute atomic E-state index is 10.8. The van der Waals surface area contributed by atoms with Crippen LogP contribution in [0.3, 0.4) is 0 Å². The standard InChI is InChI=1S/C11H13NO2/c1-7-2-3-8-5-9(11(13)14)6-12-10(8)4-7/h2-4,9,12H,5-6H2,1H3,(H,13,14). The number of fused-ring (bicyclic) bond motifs is 1. The van der Waals surface area contributed by atoms with E-state index in [4.69, 9.17) is 5.11 Å². The van der Waals surface area contributed by atoms with Crippen molar-refractivity contribution in [2.45, 2.75) is 13.3 Å². The number of nitrogens with one attached hydrogen (secondary N) is 1. The summed E-state index contributed by atoms with van der Waals surface area (Å²) in [6.07, 6.45) is 0.637. The highest BCUT2D eigenvalue weighted by Crippen LogP contribution is 2.25. The smallest absolute Gasteiger partial charge is 0.308 e. The third-order valence-electron chi connectivity index (χ3n) is 2.62. The molecule has 3 heteroatoms. The lowest BCUT2D eigenvalue weighted by Crippen LogP contribution is -2.29. The zero-order valence-corrected chi connectivity index (χ0v) is 8.08. The fourth-order valence-electron chi connectivity index (χ4n) is 1.78. The summed E-state index contributed by atoms with van der Waals surface area (Å²) >= 11 is 0. The van der Waals surface area contributed by atoms with Gasteiger partial charge in [0.15, 0.2) is 0 Å². The molecule has 2 N–H and O–H groups in total. The number of hydrogen-bond donors (Lipinski definition) is 2. The van der Waals surface area contributed by atoms with Gasteiger partial charge < -0.3 is 10.4 Å². The molecular formula is C11H13NO2. The van der Waals surface area contributed by atoms with Crippen LogP contribution in [0, 0.1) is 12.8 Å². The summed E-state index contributed by atoms with van der Waals surface area (Å²) in [4.78, 5) is 10.8. The molecule has 0 fully saturated rings. The average molecular weight is 191 g/mol. The van der Waals surface area contributed by atoms with E-state index < -0.39 is 5.97 Å². The number of aryl methyl sites for hydroxylation is 1. The Morgan fingerprint density at radius 3 is 3.07 bits per heavy atom. The molecule has 1 aliphatic rings. The molecule has 1 aromatic rings. The van der Waals surface area contributed by atoms with E-state index in [0.29, 0.717) is 13.0 Å². The molecule has 1 heterocycles. The van der Waals surface area contributed by atoms with Crippen molar-refractivity contribution in [3.8, 4) is 0 Å². The summed E-state index contributed by atoms with van der Waals surface area (Å²) in [5, 5.41) is 12.0. The fourth-order valence-corrected chi connectivity index (χ4v) is 1.78. The molecule has 0 bridgehead atoms. The average Bonchev–Trinajstić information content (AvgIpc) is 2.16. The van der Waals surface area contributed by atoms with Crippen molar-refractivity contribution in [3.05, 3.63) is 29.3 Å². The van der Waals surface area contributed by atoms with Crippen LogP contribution in [-0.2, 0) is 11.2 Å². The van der Waals surface area contributed by atoms with Crippen molar-refractivity contribution in [1.29, 1.82) is 0 Å². The van der Waals surface area contributed by atoms with Crippen molar-refractivity contribution in [2.75, 3.05) is 11.9 Å². The van der Waals surface area contributed by atoms with Crippen molar-refractivity contribution in [1.82, 2.24) is 0 Å². The van der Waals surface area contributed by atoms with Crippen LogP contribution in [0.1, 0.15) is 11.1 Å². The van der Waals surface area contributed by atoms with Crippen LogP contribution in [0.2, 0.25) is 0 Å². The van der Waals surface area contributed by atoms with Gasteiger partial charge in [-0.15, -0.1) is 0 Å². The molecule has 0 saturated heterocycles. The maximum Gasteiger partial charge on any atom is 0.308 e. The zero-order valence-electron chi connectivity index (χ0n) is 8.08. The van der Waals surface area contributed by atoms with Crippen LogP contribution in [0.15, 0.2) is 18.2 Å². The summed E-state index contributed by atoms with van der Waals surface area (Å²) in [7, 11) is 0. The number of anilines is 1. The van der Waals surface area contributed by atoms with Crippen LogP contribution in [-0.4, -0.2) is 17.6 Å². The topological polar surface area (TPSA) is 49.3 Å². The Balaban J connectivity index is 2.27. The van der Waals surface area contributed by atoms with E-state index in [1.54, 1.807) is 0 Å². The molecule has 1 aromatic carbocycles. The molecule has 0 amide bonds. The molecule has 74 valence electrons. The minimum atomic E-state index is -0.719. The van der Waals surface area contributed by atoms with E-state index >= 15 is 0 Å². The van der Waals surface area contributed by atoms with Crippen LogP contribution < -0.4 is 5.32 Å². The lowest BCUT2D eigenvalue weighted by atomic mass is 9.93. The highest BCUT2D eigenvalue weighted by Gasteiger charge is 2.23. The molecule has 2 rings (SSSR count). The molecule has 0 aliphatic carbocycles. The van der Waals surface area contributed by atoms with Gasteiger partial charge in [0.2, 0.25) is 0 Å². The van der Waals surface area contributed by atoms with Gasteiger partial charge in [0.25, 0.3) is 0 Å². The Labute approximate surface area is 82.8 Å². The lowest BCUT2D eigenvalue weighted by Gasteiger charge is -2.23. The molecule has 1 unspecified atom stereocenters. The predicted molar refractivity (Wildman–Crippen MR) is 54.5 cm³/mol. The van der Waals surface area contributed by atoms with Crippen LogP contribution in [0.4, 0.5) is 5.69 Å². The monoisotopic (exact) mass is 191 g/mol. The molecule has 1 atom stereocenters. The van der Waals surface area contributed by atoms with Crippen molar-refractivity contribution in [2.24, 2.45) is 5.92 Å². The summed E-state index contributed by atoms with van der Waals surface area (Å²) in [5.41, 5.74) is 3.39.